The van der Waals surface area contributed by atoms with Gasteiger partial charge >= 0.3 is 6.18 Å². The number of carbonyl (C=O) groups is 3. The molecule has 1 saturated heterocycles. The topological polar surface area (TPSA) is 91.6 Å². The Balaban J connectivity index is 1.45. The molecule has 1 atom stereocenters. The highest BCUT2D eigenvalue weighted by molar-refractivity contribution is 6.06. The van der Waals surface area contributed by atoms with Gasteiger partial charge in [0.2, 0.25) is 11.8 Å². The van der Waals surface area contributed by atoms with Gasteiger partial charge in [-0.05, 0) is 49.4 Å². The second-order valence-corrected chi connectivity index (χ2v) is 7.98. The Morgan fingerprint density at radius 1 is 1.09 bits per heavy atom. The first-order chi connectivity index (χ1) is 16.5. The van der Waals surface area contributed by atoms with Crippen molar-refractivity contribution in [3.8, 4) is 0 Å². The number of benzene rings is 2. The van der Waals surface area contributed by atoms with E-state index < -0.39 is 41.2 Å². The number of carbonyl (C=O) groups excluding carboxylic acids is 3. The molecule has 0 aliphatic carbocycles. The van der Waals surface area contributed by atoms with Crippen LogP contribution >= 0.6 is 0 Å². The summed E-state index contributed by atoms with van der Waals surface area (Å²) in [4.78, 5) is 38.6. The van der Waals surface area contributed by atoms with E-state index in [0.29, 0.717) is 5.76 Å². The van der Waals surface area contributed by atoms with Crippen molar-refractivity contribution in [1.82, 2.24) is 0 Å². The first-order valence-electron chi connectivity index (χ1n) is 10.5. The standard InChI is InChI=1S/C24H19F4N3O4/c1-13-18(7-8-35-13)23(34)30-20-11-16(5-6-19(20)25)29-22(33)14-9-21(32)31(12-14)17-4-2-3-15(10-17)24(26,27)28/h2-8,10-11,14H,9,12H2,1H3,(H,29,33)(H,30,34). The van der Waals surface area contributed by atoms with Crippen LogP contribution in [0.1, 0.15) is 28.1 Å². The number of nitrogens with zero attached hydrogens (tertiary/aromatic N) is 1. The van der Waals surface area contributed by atoms with E-state index >= 15 is 0 Å². The van der Waals surface area contributed by atoms with Crippen molar-refractivity contribution in [3.05, 3.63) is 77.5 Å². The fourth-order valence-corrected chi connectivity index (χ4v) is 3.74. The maximum atomic E-state index is 14.2. The van der Waals surface area contributed by atoms with E-state index in [1.165, 1.54) is 36.6 Å². The Morgan fingerprint density at radius 3 is 2.54 bits per heavy atom. The summed E-state index contributed by atoms with van der Waals surface area (Å²) < 4.78 is 58.3. The molecule has 1 aliphatic rings. The van der Waals surface area contributed by atoms with Crippen LogP contribution in [0, 0.1) is 18.7 Å². The smallest absolute Gasteiger partial charge is 0.416 e. The molecule has 3 amide bonds. The van der Waals surface area contributed by atoms with E-state index in [0.717, 1.165) is 23.1 Å². The van der Waals surface area contributed by atoms with Crippen molar-refractivity contribution in [2.75, 3.05) is 22.1 Å². The fourth-order valence-electron chi connectivity index (χ4n) is 3.74. The molecule has 1 fully saturated rings. The number of amides is 3. The summed E-state index contributed by atoms with van der Waals surface area (Å²) in [5.41, 5.74) is -0.649. The maximum Gasteiger partial charge on any atom is 0.416 e. The van der Waals surface area contributed by atoms with Crippen molar-refractivity contribution < 1.29 is 36.4 Å². The molecule has 1 unspecified atom stereocenters. The molecular formula is C24H19F4N3O4. The summed E-state index contributed by atoms with van der Waals surface area (Å²) in [5, 5.41) is 4.97. The van der Waals surface area contributed by atoms with Gasteiger partial charge in [-0.15, -0.1) is 0 Å². The SMILES string of the molecule is Cc1occc1C(=O)Nc1cc(NC(=O)C2CC(=O)N(c3cccc(C(F)(F)F)c3)C2)ccc1F. The van der Waals surface area contributed by atoms with Crippen LogP contribution in [-0.2, 0) is 15.8 Å². The van der Waals surface area contributed by atoms with Crippen LogP contribution in [0.4, 0.5) is 34.6 Å². The Hall–Kier alpha value is -4.15. The number of hydrogen-bond donors (Lipinski definition) is 2. The minimum absolute atomic E-state index is 0.0430. The Labute approximate surface area is 196 Å². The zero-order valence-corrected chi connectivity index (χ0v) is 18.3. The van der Waals surface area contributed by atoms with Gasteiger partial charge in [-0.3, -0.25) is 14.4 Å². The molecule has 0 radical (unpaired) electrons. The molecule has 1 aromatic heterocycles. The highest BCUT2D eigenvalue weighted by Crippen LogP contribution is 2.34. The molecule has 2 heterocycles. The van der Waals surface area contributed by atoms with Crippen molar-refractivity contribution in [2.45, 2.75) is 19.5 Å². The predicted molar refractivity (Wildman–Crippen MR) is 118 cm³/mol. The van der Waals surface area contributed by atoms with Gasteiger partial charge in [0.15, 0.2) is 0 Å². The predicted octanol–water partition coefficient (Wildman–Crippen LogP) is 4.99. The molecule has 182 valence electrons. The van der Waals surface area contributed by atoms with Crippen LogP contribution in [0.3, 0.4) is 0 Å². The lowest BCUT2D eigenvalue weighted by atomic mass is 10.1. The molecule has 0 bridgehead atoms. The number of rotatable bonds is 5. The lowest BCUT2D eigenvalue weighted by molar-refractivity contribution is -0.137. The third-order valence-electron chi connectivity index (χ3n) is 5.57. The molecule has 2 aromatic carbocycles. The number of halogens is 4. The van der Waals surface area contributed by atoms with Gasteiger partial charge in [0.25, 0.3) is 5.91 Å². The average molecular weight is 489 g/mol. The Bertz CT molecular complexity index is 1300. The molecule has 11 heteroatoms. The molecule has 0 spiro atoms. The minimum Gasteiger partial charge on any atom is -0.469 e. The Morgan fingerprint density at radius 2 is 1.86 bits per heavy atom. The highest BCUT2D eigenvalue weighted by atomic mass is 19.4. The lowest BCUT2D eigenvalue weighted by Crippen LogP contribution is -2.28. The molecule has 3 aromatic rings. The van der Waals surface area contributed by atoms with E-state index in [1.54, 1.807) is 6.92 Å². The van der Waals surface area contributed by atoms with E-state index in [2.05, 4.69) is 10.6 Å². The quantitative estimate of drug-likeness (QED) is 0.494. The van der Waals surface area contributed by atoms with Gasteiger partial charge in [0, 0.05) is 24.3 Å². The van der Waals surface area contributed by atoms with E-state index in [1.807, 2.05) is 0 Å². The normalized spacial score (nSPS) is 15.9. The van der Waals surface area contributed by atoms with Crippen molar-refractivity contribution in [1.29, 1.82) is 0 Å². The average Bonchev–Trinajstić information content (AvgIpc) is 3.41. The number of hydrogen-bond acceptors (Lipinski definition) is 4. The third kappa shape index (κ3) is 5.18. The molecule has 0 saturated carbocycles. The second-order valence-electron chi connectivity index (χ2n) is 7.98. The largest absolute Gasteiger partial charge is 0.469 e. The second kappa shape index (κ2) is 9.24. The highest BCUT2D eigenvalue weighted by Gasteiger charge is 2.37. The van der Waals surface area contributed by atoms with E-state index in [-0.39, 0.29) is 35.6 Å². The lowest BCUT2D eigenvalue weighted by Gasteiger charge is -2.18. The van der Waals surface area contributed by atoms with Gasteiger partial charge in [-0.25, -0.2) is 4.39 Å². The van der Waals surface area contributed by atoms with Crippen LogP contribution in [0.25, 0.3) is 0 Å². The summed E-state index contributed by atoms with van der Waals surface area (Å²) in [7, 11) is 0. The summed E-state index contributed by atoms with van der Waals surface area (Å²) >= 11 is 0. The van der Waals surface area contributed by atoms with Crippen molar-refractivity contribution >= 4 is 34.8 Å². The molecule has 7 nitrogen and oxygen atoms in total. The number of furan rings is 1. The molecule has 1 aliphatic heterocycles. The van der Waals surface area contributed by atoms with E-state index in [9.17, 15) is 31.9 Å². The molecule has 35 heavy (non-hydrogen) atoms. The molecule has 2 N–H and O–H groups in total. The zero-order valence-electron chi connectivity index (χ0n) is 18.3. The minimum atomic E-state index is -4.57. The van der Waals surface area contributed by atoms with Crippen molar-refractivity contribution in [2.24, 2.45) is 5.92 Å². The first kappa shape index (κ1) is 24.0. The van der Waals surface area contributed by atoms with E-state index in [4.69, 9.17) is 4.42 Å². The summed E-state index contributed by atoms with van der Waals surface area (Å²) in [5.74, 6) is -2.88. The number of anilines is 3. The summed E-state index contributed by atoms with van der Waals surface area (Å²) in [6.45, 7) is 1.46. The summed E-state index contributed by atoms with van der Waals surface area (Å²) in [6.07, 6.45) is -3.45. The van der Waals surface area contributed by atoms with Crippen LogP contribution in [-0.4, -0.2) is 24.3 Å². The number of aryl methyl sites for hydroxylation is 1. The maximum absolute atomic E-state index is 14.2. The summed E-state index contributed by atoms with van der Waals surface area (Å²) in [6, 6.07) is 9.31. The van der Waals surface area contributed by atoms with Crippen LogP contribution < -0.4 is 15.5 Å². The zero-order chi connectivity index (χ0) is 25.3. The monoisotopic (exact) mass is 489 g/mol. The first-order valence-corrected chi connectivity index (χ1v) is 10.5. The van der Waals surface area contributed by atoms with Crippen molar-refractivity contribution in [3.63, 3.8) is 0 Å². The van der Waals surface area contributed by atoms with Gasteiger partial charge < -0.3 is 20.0 Å². The van der Waals surface area contributed by atoms with Gasteiger partial charge in [0.05, 0.1) is 29.0 Å². The third-order valence-corrected chi connectivity index (χ3v) is 5.57. The van der Waals surface area contributed by atoms with Crippen LogP contribution in [0.5, 0.6) is 0 Å². The molecule has 4 rings (SSSR count). The van der Waals surface area contributed by atoms with Gasteiger partial charge in [-0.2, -0.15) is 13.2 Å². The number of alkyl halides is 3. The van der Waals surface area contributed by atoms with Crippen LogP contribution in [0.2, 0.25) is 0 Å². The van der Waals surface area contributed by atoms with Crippen LogP contribution in [0.15, 0.2) is 59.2 Å². The molecular weight excluding hydrogens is 470 g/mol. The van der Waals surface area contributed by atoms with Gasteiger partial charge in [0.1, 0.15) is 11.6 Å². The Kier molecular flexibility index (Phi) is 6.33. The van der Waals surface area contributed by atoms with Gasteiger partial charge in [-0.1, -0.05) is 6.07 Å². The number of nitrogens with one attached hydrogen (secondary N) is 2. The fraction of sp³-hybridized carbons (Fsp3) is 0.208.